The minimum atomic E-state index is -0.661. The normalized spacial score (nSPS) is 9.12. The van der Waals surface area contributed by atoms with Gasteiger partial charge in [0.15, 0.2) is 0 Å². The molecule has 0 N–H and O–H groups in total. The Labute approximate surface area is 92.1 Å². The number of hydrogen-bond donors (Lipinski definition) is 0. The van der Waals surface area contributed by atoms with E-state index in [4.69, 9.17) is 5.53 Å². The highest BCUT2D eigenvalue weighted by molar-refractivity contribution is 5.97. The van der Waals surface area contributed by atoms with Gasteiger partial charge in [0.05, 0.1) is 0 Å². The lowest BCUT2D eigenvalue weighted by Gasteiger charge is -2.09. The van der Waals surface area contributed by atoms with E-state index in [2.05, 4.69) is 10.0 Å². The van der Waals surface area contributed by atoms with Crippen LogP contribution in [0.3, 0.4) is 0 Å². The summed E-state index contributed by atoms with van der Waals surface area (Å²) in [7, 11) is 3.28. The highest BCUT2D eigenvalue weighted by Crippen LogP contribution is 2.07. The molecule has 0 unspecified atom stereocenters. The molecule has 6 heteroatoms. The zero-order valence-corrected chi connectivity index (χ0v) is 8.91. The van der Waals surface area contributed by atoms with E-state index in [1.807, 2.05) is 0 Å². The standard InChI is InChI=1S/C10H10N4O2/c1-14(2)10(16)8-5-3-7(4-6-8)9(15)12-13-11/h3-6H,1-2H3. The van der Waals surface area contributed by atoms with E-state index >= 15 is 0 Å². The zero-order valence-electron chi connectivity index (χ0n) is 8.91. The Balaban J connectivity index is 2.95. The average molecular weight is 218 g/mol. The van der Waals surface area contributed by atoms with Crippen molar-refractivity contribution in [3.05, 3.63) is 45.8 Å². The summed E-state index contributed by atoms with van der Waals surface area (Å²) in [4.78, 5) is 26.5. The van der Waals surface area contributed by atoms with Crippen molar-refractivity contribution in [2.75, 3.05) is 14.1 Å². The predicted octanol–water partition coefficient (Wildman–Crippen LogP) is 1.84. The maximum Gasteiger partial charge on any atom is 0.253 e. The minimum absolute atomic E-state index is 0.150. The van der Waals surface area contributed by atoms with Crippen LogP contribution in [0.4, 0.5) is 0 Å². The number of rotatable bonds is 2. The first-order chi connectivity index (χ1) is 7.56. The first-order valence-corrected chi connectivity index (χ1v) is 4.47. The summed E-state index contributed by atoms with van der Waals surface area (Å²) in [5.74, 6) is -0.811. The van der Waals surface area contributed by atoms with Crippen LogP contribution < -0.4 is 0 Å². The van der Waals surface area contributed by atoms with Gasteiger partial charge < -0.3 is 4.90 Å². The summed E-state index contributed by atoms with van der Waals surface area (Å²) in [5, 5.41) is 2.95. The molecule has 0 atom stereocenters. The molecular weight excluding hydrogens is 208 g/mol. The highest BCUT2D eigenvalue weighted by atomic mass is 16.2. The van der Waals surface area contributed by atoms with Gasteiger partial charge in [0, 0.05) is 30.1 Å². The molecular formula is C10H10N4O2. The molecule has 0 aliphatic carbocycles. The topological polar surface area (TPSA) is 86.1 Å². The van der Waals surface area contributed by atoms with Gasteiger partial charge in [-0.3, -0.25) is 9.59 Å². The molecule has 0 bridgehead atoms. The number of benzene rings is 1. The highest BCUT2D eigenvalue weighted by Gasteiger charge is 2.08. The first kappa shape index (κ1) is 11.7. The zero-order chi connectivity index (χ0) is 12.1. The summed E-state index contributed by atoms with van der Waals surface area (Å²) in [6.45, 7) is 0. The molecule has 0 aliphatic rings. The third kappa shape index (κ3) is 2.59. The summed E-state index contributed by atoms with van der Waals surface area (Å²) >= 11 is 0. The molecule has 0 fully saturated rings. The van der Waals surface area contributed by atoms with Crippen LogP contribution in [-0.4, -0.2) is 30.8 Å². The van der Waals surface area contributed by atoms with Gasteiger partial charge in [0.1, 0.15) is 0 Å². The van der Waals surface area contributed by atoms with Crippen molar-refractivity contribution in [2.24, 2.45) is 5.11 Å². The second kappa shape index (κ2) is 4.95. The maximum absolute atomic E-state index is 11.5. The molecule has 0 saturated carbocycles. The molecule has 0 heterocycles. The van der Waals surface area contributed by atoms with Crippen LogP contribution in [-0.2, 0) is 0 Å². The molecule has 1 aromatic rings. The number of hydrogen-bond acceptors (Lipinski definition) is 2. The summed E-state index contributed by atoms with van der Waals surface area (Å²) in [6.07, 6.45) is 0. The summed E-state index contributed by atoms with van der Waals surface area (Å²) in [6, 6.07) is 5.94. The van der Waals surface area contributed by atoms with Crippen LogP contribution in [0.5, 0.6) is 0 Å². The number of carbonyl (C=O) groups excluding carboxylic acids is 2. The van der Waals surface area contributed by atoms with E-state index in [0.717, 1.165) is 0 Å². The molecule has 0 aliphatic heterocycles. The van der Waals surface area contributed by atoms with Crippen LogP contribution >= 0.6 is 0 Å². The number of amides is 2. The van der Waals surface area contributed by atoms with E-state index in [1.54, 1.807) is 14.1 Å². The van der Waals surface area contributed by atoms with Crippen molar-refractivity contribution in [3.63, 3.8) is 0 Å². The Kier molecular flexibility index (Phi) is 3.63. The van der Waals surface area contributed by atoms with Gasteiger partial charge in [-0.05, 0) is 22.8 Å². The van der Waals surface area contributed by atoms with Gasteiger partial charge in [-0.2, -0.15) is 0 Å². The SMILES string of the molecule is CN(C)C(=O)c1ccc(C(=O)N=[N+]=[N-])cc1. The van der Waals surface area contributed by atoms with E-state index in [1.165, 1.54) is 29.2 Å². The molecule has 0 saturated heterocycles. The second-order valence-corrected chi connectivity index (χ2v) is 3.27. The van der Waals surface area contributed by atoms with Gasteiger partial charge in [-0.25, -0.2) is 0 Å². The Bertz CT molecular complexity index is 458. The lowest BCUT2D eigenvalue weighted by molar-refractivity contribution is 0.0827. The fourth-order valence-corrected chi connectivity index (χ4v) is 1.11. The molecule has 0 radical (unpaired) electrons. The Hall–Kier alpha value is -2.33. The maximum atomic E-state index is 11.5. The van der Waals surface area contributed by atoms with Crippen molar-refractivity contribution in [1.29, 1.82) is 0 Å². The van der Waals surface area contributed by atoms with Crippen LogP contribution in [0.15, 0.2) is 29.4 Å². The van der Waals surface area contributed by atoms with E-state index in [-0.39, 0.29) is 11.5 Å². The third-order valence-electron chi connectivity index (χ3n) is 1.92. The van der Waals surface area contributed by atoms with Gasteiger partial charge in [0.2, 0.25) is 5.91 Å². The molecule has 0 spiro atoms. The molecule has 0 aromatic heterocycles. The third-order valence-corrected chi connectivity index (χ3v) is 1.92. The second-order valence-electron chi connectivity index (χ2n) is 3.27. The summed E-state index contributed by atoms with van der Waals surface area (Å²) in [5.41, 5.74) is 8.82. The molecule has 1 rings (SSSR count). The smallest absolute Gasteiger partial charge is 0.253 e. The Morgan fingerprint density at radius 2 is 1.69 bits per heavy atom. The minimum Gasteiger partial charge on any atom is -0.345 e. The van der Waals surface area contributed by atoms with Crippen molar-refractivity contribution >= 4 is 11.8 Å². The monoisotopic (exact) mass is 218 g/mol. The van der Waals surface area contributed by atoms with E-state index in [9.17, 15) is 9.59 Å². The van der Waals surface area contributed by atoms with Crippen molar-refractivity contribution in [1.82, 2.24) is 4.90 Å². The fourth-order valence-electron chi connectivity index (χ4n) is 1.11. The number of azide groups is 1. The van der Waals surface area contributed by atoms with Gasteiger partial charge in [-0.15, -0.1) is 0 Å². The molecule has 16 heavy (non-hydrogen) atoms. The average Bonchev–Trinajstić information content (AvgIpc) is 2.28. The van der Waals surface area contributed by atoms with Crippen molar-refractivity contribution in [2.45, 2.75) is 0 Å². The van der Waals surface area contributed by atoms with Gasteiger partial charge in [0.25, 0.3) is 5.91 Å². The molecule has 6 nitrogen and oxygen atoms in total. The first-order valence-electron chi connectivity index (χ1n) is 4.47. The van der Waals surface area contributed by atoms with Crippen molar-refractivity contribution < 1.29 is 9.59 Å². The van der Waals surface area contributed by atoms with Crippen molar-refractivity contribution in [3.8, 4) is 0 Å². The number of nitrogens with zero attached hydrogens (tertiary/aromatic N) is 4. The lowest BCUT2D eigenvalue weighted by atomic mass is 10.1. The van der Waals surface area contributed by atoms with Crippen LogP contribution in [0, 0.1) is 0 Å². The summed E-state index contributed by atoms with van der Waals surface area (Å²) < 4.78 is 0. The quantitative estimate of drug-likeness (QED) is 0.430. The van der Waals surface area contributed by atoms with Crippen LogP contribution in [0.25, 0.3) is 10.4 Å². The van der Waals surface area contributed by atoms with Crippen LogP contribution in [0.1, 0.15) is 20.7 Å². The lowest BCUT2D eigenvalue weighted by Crippen LogP contribution is -2.21. The van der Waals surface area contributed by atoms with E-state index in [0.29, 0.717) is 5.56 Å². The fraction of sp³-hybridized carbons (Fsp3) is 0.200. The molecule has 82 valence electrons. The molecule has 2 amide bonds. The molecule has 1 aromatic carbocycles. The van der Waals surface area contributed by atoms with Crippen LogP contribution in [0.2, 0.25) is 0 Å². The van der Waals surface area contributed by atoms with Gasteiger partial charge >= 0.3 is 0 Å². The van der Waals surface area contributed by atoms with Gasteiger partial charge in [-0.1, -0.05) is 12.1 Å². The Morgan fingerprint density at radius 3 is 2.12 bits per heavy atom. The largest absolute Gasteiger partial charge is 0.345 e. The number of carbonyl (C=O) groups is 2. The van der Waals surface area contributed by atoms with E-state index < -0.39 is 5.91 Å². The predicted molar refractivity (Wildman–Crippen MR) is 57.9 cm³/mol. The Morgan fingerprint density at radius 1 is 1.19 bits per heavy atom.